The number of hydrogen-bond acceptors (Lipinski definition) is 5. The molecule has 6 nitrogen and oxygen atoms in total. The molecule has 3 atom stereocenters. The zero-order chi connectivity index (χ0) is 20.4. The molecule has 1 aromatic carbocycles. The van der Waals surface area contributed by atoms with E-state index in [1.807, 2.05) is 6.07 Å². The molecule has 0 amide bonds. The molecular formula is C21H35N3O3S. The Hall–Kier alpha value is -1.60. The van der Waals surface area contributed by atoms with Gasteiger partial charge in [-0.2, -0.15) is 11.8 Å². The van der Waals surface area contributed by atoms with Gasteiger partial charge in [0.05, 0.1) is 20.8 Å². The van der Waals surface area contributed by atoms with Crippen molar-refractivity contribution >= 4 is 17.7 Å². The van der Waals surface area contributed by atoms with Crippen molar-refractivity contribution in [1.29, 1.82) is 0 Å². The predicted molar refractivity (Wildman–Crippen MR) is 118 cm³/mol. The summed E-state index contributed by atoms with van der Waals surface area (Å²) in [5.41, 5.74) is 0.679. The Morgan fingerprint density at radius 2 is 2.11 bits per heavy atom. The van der Waals surface area contributed by atoms with E-state index in [1.165, 1.54) is 18.6 Å². The van der Waals surface area contributed by atoms with Crippen molar-refractivity contribution < 1.29 is 14.6 Å². The van der Waals surface area contributed by atoms with Gasteiger partial charge >= 0.3 is 0 Å². The number of aliphatic hydroxyl groups excluding tert-OH is 1. The van der Waals surface area contributed by atoms with Crippen LogP contribution in [0.3, 0.4) is 0 Å². The Bertz CT molecular complexity index is 625. The third-order valence-electron chi connectivity index (χ3n) is 4.93. The summed E-state index contributed by atoms with van der Waals surface area (Å²) >= 11 is 2.05. The lowest BCUT2D eigenvalue weighted by Gasteiger charge is -2.30. The van der Waals surface area contributed by atoms with Gasteiger partial charge in [0.25, 0.3) is 0 Å². The van der Waals surface area contributed by atoms with Gasteiger partial charge in [0.15, 0.2) is 5.96 Å². The number of benzene rings is 1. The van der Waals surface area contributed by atoms with Crippen LogP contribution in [0.5, 0.6) is 11.5 Å². The number of aliphatic hydroxyl groups is 1. The Morgan fingerprint density at radius 3 is 2.79 bits per heavy atom. The Labute approximate surface area is 173 Å². The van der Waals surface area contributed by atoms with E-state index in [0.29, 0.717) is 23.1 Å². The molecule has 1 fully saturated rings. The number of methoxy groups -OCH3 is 2. The molecule has 0 heterocycles. The second-order valence-corrected chi connectivity index (χ2v) is 8.51. The summed E-state index contributed by atoms with van der Waals surface area (Å²) in [5.74, 6) is 3.24. The third-order valence-corrected chi connectivity index (χ3v) is 6.16. The highest BCUT2D eigenvalue weighted by Crippen LogP contribution is 2.30. The van der Waals surface area contributed by atoms with Crippen molar-refractivity contribution in [2.75, 3.05) is 33.1 Å². The lowest BCUT2D eigenvalue weighted by Crippen LogP contribution is -2.46. The molecule has 1 aromatic rings. The fourth-order valence-corrected chi connectivity index (χ4v) is 4.73. The lowest BCUT2D eigenvalue weighted by atomic mass is 9.95. The first-order chi connectivity index (χ1) is 13.6. The summed E-state index contributed by atoms with van der Waals surface area (Å²) < 4.78 is 10.6. The molecule has 7 heteroatoms. The number of ether oxygens (including phenoxy) is 2. The van der Waals surface area contributed by atoms with Crippen LogP contribution in [0.15, 0.2) is 23.2 Å². The van der Waals surface area contributed by atoms with Crippen molar-refractivity contribution in [1.82, 2.24) is 10.6 Å². The smallest absolute Gasteiger partial charge is 0.191 e. The molecular weight excluding hydrogens is 374 g/mol. The summed E-state index contributed by atoms with van der Waals surface area (Å²) in [6.45, 7) is 5.31. The van der Waals surface area contributed by atoms with Crippen molar-refractivity contribution in [2.45, 2.75) is 56.9 Å². The van der Waals surface area contributed by atoms with Crippen LogP contribution in [0, 0.1) is 0 Å². The fraction of sp³-hybridized carbons (Fsp3) is 0.667. The first kappa shape index (κ1) is 22.7. The maximum atomic E-state index is 10.7. The third kappa shape index (κ3) is 6.78. The van der Waals surface area contributed by atoms with E-state index in [-0.39, 0.29) is 6.54 Å². The molecule has 1 aliphatic carbocycles. The van der Waals surface area contributed by atoms with Gasteiger partial charge in [0.2, 0.25) is 0 Å². The molecule has 1 aliphatic rings. The fourth-order valence-electron chi connectivity index (χ4n) is 3.55. The molecule has 3 unspecified atom stereocenters. The van der Waals surface area contributed by atoms with Crippen LogP contribution in [0.4, 0.5) is 0 Å². The SMILES string of the molecule is CCNC(=NCC(O)c1cc(OC)ccc1OC)NC1CCCC(SCC)C1. The topological polar surface area (TPSA) is 75.1 Å². The standard InChI is InChI=1S/C21H35N3O3S/c1-5-22-21(24-15-8-7-9-17(12-15)28-6-2)23-14-19(25)18-13-16(26-3)10-11-20(18)27-4/h10-11,13,15,17,19,25H,5-9,12,14H2,1-4H3,(H2,22,23,24). The lowest BCUT2D eigenvalue weighted by molar-refractivity contribution is 0.182. The van der Waals surface area contributed by atoms with Crippen LogP contribution < -0.4 is 20.1 Å². The normalized spacial score (nSPS) is 21.1. The number of nitrogens with one attached hydrogen (secondary N) is 2. The molecule has 0 saturated heterocycles. The summed E-state index contributed by atoms with van der Waals surface area (Å²) in [5, 5.41) is 18.3. The molecule has 0 aromatic heterocycles. The minimum atomic E-state index is -0.768. The first-order valence-corrected chi connectivity index (χ1v) is 11.2. The Morgan fingerprint density at radius 1 is 1.29 bits per heavy atom. The first-order valence-electron chi connectivity index (χ1n) is 10.2. The molecule has 2 rings (SSSR count). The van der Waals surface area contributed by atoms with Gasteiger partial charge in [-0.25, -0.2) is 0 Å². The average Bonchev–Trinajstić information content (AvgIpc) is 2.72. The van der Waals surface area contributed by atoms with Crippen LogP contribution in [0.1, 0.15) is 51.2 Å². The minimum Gasteiger partial charge on any atom is -0.497 e. The molecule has 3 N–H and O–H groups in total. The van der Waals surface area contributed by atoms with Crippen LogP contribution in [-0.2, 0) is 0 Å². The van der Waals surface area contributed by atoms with Gasteiger partial charge in [0, 0.05) is 23.4 Å². The summed E-state index contributed by atoms with van der Waals surface area (Å²) in [6, 6.07) is 5.85. The van der Waals surface area contributed by atoms with Gasteiger partial charge in [-0.05, 0) is 50.1 Å². The van der Waals surface area contributed by atoms with Gasteiger partial charge in [-0.3, -0.25) is 4.99 Å². The van der Waals surface area contributed by atoms with Crippen molar-refractivity contribution in [3.05, 3.63) is 23.8 Å². The second kappa shape index (κ2) is 12.1. The quantitative estimate of drug-likeness (QED) is 0.429. The van der Waals surface area contributed by atoms with Gasteiger partial charge in [-0.15, -0.1) is 0 Å². The van der Waals surface area contributed by atoms with Crippen LogP contribution in [0.25, 0.3) is 0 Å². The van der Waals surface area contributed by atoms with Gasteiger partial charge in [-0.1, -0.05) is 13.3 Å². The summed E-state index contributed by atoms with van der Waals surface area (Å²) in [4.78, 5) is 4.63. The number of hydrogen-bond donors (Lipinski definition) is 3. The van der Waals surface area contributed by atoms with E-state index in [2.05, 4.69) is 41.2 Å². The highest BCUT2D eigenvalue weighted by Gasteiger charge is 2.23. The number of aliphatic imine (C=N–C) groups is 1. The summed E-state index contributed by atoms with van der Waals surface area (Å²) in [6.07, 6.45) is 4.11. The monoisotopic (exact) mass is 409 g/mol. The second-order valence-electron chi connectivity index (χ2n) is 6.93. The molecule has 0 spiro atoms. The predicted octanol–water partition coefficient (Wildman–Crippen LogP) is 3.36. The van der Waals surface area contributed by atoms with E-state index in [0.717, 1.165) is 30.6 Å². The molecule has 158 valence electrons. The van der Waals surface area contributed by atoms with Crippen LogP contribution in [0.2, 0.25) is 0 Å². The number of rotatable bonds is 9. The van der Waals surface area contributed by atoms with E-state index in [9.17, 15) is 5.11 Å². The van der Waals surface area contributed by atoms with E-state index >= 15 is 0 Å². The summed E-state index contributed by atoms with van der Waals surface area (Å²) in [7, 11) is 3.21. The van der Waals surface area contributed by atoms with Gasteiger partial charge in [0.1, 0.15) is 17.6 Å². The highest BCUT2D eigenvalue weighted by molar-refractivity contribution is 7.99. The van der Waals surface area contributed by atoms with Crippen LogP contribution in [-0.4, -0.2) is 55.4 Å². The molecule has 1 saturated carbocycles. The van der Waals surface area contributed by atoms with E-state index in [1.54, 1.807) is 26.4 Å². The maximum absolute atomic E-state index is 10.7. The molecule has 28 heavy (non-hydrogen) atoms. The number of thioether (sulfide) groups is 1. The molecule has 0 aliphatic heterocycles. The minimum absolute atomic E-state index is 0.249. The van der Waals surface area contributed by atoms with Crippen molar-refractivity contribution in [3.63, 3.8) is 0 Å². The number of nitrogens with zero attached hydrogens (tertiary/aromatic N) is 1. The highest BCUT2D eigenvalue weighted by atomic mass is 32.2. The maximum Gasteiger partial charge on any atom is 0.191 e. The van der Waals surface area contributed by atoms with Crippen LogP contribution >= 0.6 is 11.8 Å². The Kier molecular flexibility index (Phi) is 9.78. The van der Waals surface area contributed by atoms with E-state index < -0.39 is 6.10 Å². The number of guanidine groups is 1. The van der Waals surface area contributed by atoms with Crippen molar-refractivity contribution in [3.8, 4) is 11.5 Å². The van der Waals surface area contributed by atoms with E-state index in [4.69, 9.17) is 9.47 Å². The largest absolute Gasteiger partial charge is 0.497 e. The molecule has 0 bridgehead atoms. The zero-order valence-electron chi connectivity index (χ0n) is 17.5. The Balaban J connectivity index is 2.03. The van der Waals surface area contributed by atoms with Crippen molar-refractivity contribution in [2.24, 2.45) is 4.99 Å². The van der Waals surface area contributed by atoms with Gasteiger partial charge < -0.3 is 25.2 Å². The average molecular weight is 410 g/mol. The zero-order valence-corrected chi connectivity index (χ0v) is 18.3. The molecule has 0 radical (unpaired) electrons.